The number of H-pyrrole nitrogens is 4. The minimum Gasteiger partial charge on any atom is -0.369 e. The van der Waals surface area contributed by atoms with E-state index in [0.29, 0.717) is 5.65 Å². The Balaban J connectivity index is 0.000000148. The molecule has 0 unspecified atom stereocenters. The molecular weight excluding hydrogens is 254 g/mol. The molecule has 3 aromatic rings. The fourth-order valence-electron chi connectivity index (χ4n) is 1.25. The van der Waals surface area contributed by atoms with Gasteiger partial charge in [0.15, 0.2) is 11.2 Å². The van der Waals surface area contributed by atoms with Crippen LogP contribution in [0.1, 0.15) is 0 Å². The third kappa shape index (κ3) is 2.94. The molecule has 10 nitrogen and oxygen atoms in total. The molecule has 6 N–H and O–H groups in total. The highest BCUT2D eigenvalue weighted by Gasteiger charge is 2.01. The molecule has 0 saturated heterocycles. The summed E-state index contributed by atoms with van der Waals surface area (Å²) in [5.74, 6) is 0.0896. The first-order chi connectivity index (χ1) is 9.06. The maximum atomic E-state index is 11.0. The Morgan fingerprint density at radius 2 is 1.89 bits per heavy atom. The van der Waals surface area contributed by atoms with Crippen LogP contribution in [0.5, 0.6) is 0 Å². The molecule has 3 rings (SSSR count). The van der Waals surface area contributed by atoms with Crippen molar-refractivity contribution in [3.05, 3.63) is 49.8 Å². The summed E-state index contributed by atoms with van der Waals surface area (Å²) in [5, 5.41) is 0. The van der Waals surface area contributed by atoms with Gasteiger partial charge in [-0.2, -0.15) is 4.98 Å². The number of aromatic amines is 4. The van der Waals surface area contributed by atoms with Crippen molar-refractivity contribution in [1.82, 2.24) is 29.9 Å². The van der Waals surface area contributed by atoms with Gasteiger partial charge in [-0.05, 0) is 0 Å². The van der Waals surface area contributed by atoms with E-state index in [1.165, 1.54) is 18.6 Å². The van der Waals surface area contributed by atoms with Gasteiger partial charge in [-0.15, -0.1) is 0 Å². The number of nitrogen functional groups attached to an aromatic ring is 1. The number of imidazole rings is 1. The molecule has 0 aliphatic rings. The monoisotopic (exact) mass is 263 g/mol. The Kier molecular flexibility index (Phi) is 3.23. The Morgan fingerprint density at radius 1 is 1.11 bits per heavy atom. The molecule has 0 aliphatic carbocycles. The molecule has 98 valence electrons. The summed E-state index contributed by atoms with van der Waals surface area (Å²) < 4.78 is 0. The third-order valence-corrected chi connectivity index (χ3v) is 1.99. The molecule has 19 heavy (non-hydrogen) atoms. The number of nitrogens with zero attached hydrogens (tertiary/aromatic N) is 2. The highest BCUT2D eigenvalue weighted by molar-refractivity contribution is 5.69. The lowest BCUT2D eigenvalue weighted by Gasteiger charge is -1.89. The van der Waals surface area contributed by atoms with E-state index in [2.05, 4.69) is 24.9 Å². The molecule has 10 heteroatoms. The fourth-order valence-corrected chi connectivity index (χ4v) is 1.25. The van der Waals surface area contributed by atoms with E-state index in [0.717, 1.165) is 0 Å². The summed E-state index contributed by atoms with van der Waals surface area (Å²) in [4.78, 5) is 48.2. The second-order valence-corrected chi connectivity index (χ2v) is 3.35. The highest BCUT2D eigenvalue weighted by atomic mass is 16.2. The first-order valence-corrected chi connectivity index (χ1v) is 5.03. The van der Waals surface area contributed by atoms with Crippen LogP contribution < -0.4 is 22.5 Å². The maximum absolute atomic E-state index is 11.0. The molecule has 0 saturated carbocycles. The molecule has 0 aliphatic heterocycles. The summed E-state index contributed by atoms with van der Waals surface area (Å²) >= 11 is 0. The van der Waals surface area contributed by atoms with Gasteiger partial charge in [0.1, 0.15) is 0 Å². The van der Waals surface area contributed by atoms with E-state index >= 15 is 0 Å². The van der Waals surface area contributed by atoms with Crippen LogP contribution in [0.25, 0.3) is 11.2 Å². The summed E-state index contributed by atoms with van der Waals surface area (Å²) in [6.45, 7) is 0. The number of fused-ring (bicyclic) bond motifs is 1. The Morgan fingerprint density at radius 3 is 2.53 bits per heavy atom. The van der Waals surface area contributed by atoms with E-state index in [-0.39, 0.29) is 22.6 Å². The van der Waals surface area contributed by atoms with Crippen molar-refractivity contribution < 1.29 is 0 Å². The lowest BCUT2D eigenvalue weighted by Crippen LogP contribution is -2.19. The Hall–Kier alpha value is -3.17. The zero-order valence-corrected chi connectivity index (χ0v) is 9.43. The van der Waals surface area contributed by atoms with Gasteiger partial charge in [-0.25, -0.2) is 9.78 Å². The molecule has 0 atom stereocenters. The lowest BCUT2D eigenvalue weighted by molar-refractivity contribution is 1.04. The third-order valence-electron chi connectivity index (χ3n) is 1.99. The zero-order valence-electron chi connectivity index (χ0n) is 9.43. The first-order valence-electron chi connectivity index (χ1n) is 5.03. The van der Waals surface area contributed by atoms with Gasteiger partial charge in [0.2, 0.25) is 5.95 Å². The van der Waals surface area contributed by atoms with Crippen molar-refractivity contribution in [2.45, 2.75) is 0 Å². The van der Waals surface area contributed by atoms with Crippen LogP contribution in [-0.4, -0.2) is 29.9 Å². The summed E-state index contributed by atoms with van der Waals surface area (Å²) in [6, 6.07) is 1.24. The van der Waals surface area contributed by atoms with Gasteiger partial charge in [0.05, 0.1) is 6.33 Å². The van der Waals surface area contributed by atoms with Crippen LogP contribution in [0.15, 0.2) is 33.0 Å². The van der Waals surface area contributed by atoms with Gasteiger partial charge < -0.3 is 15.7 Å². The number of aromatic nitrogens is 6. The number of hydrogen-bond donors (Lipinski definition) is 5. The van der Waals surface area contributed by atoms with Crippen molar-refractivity contribution in [2.24, 2.45) is 0 Å². The number of hydrogen-bond acceptors (Lipinski definition) is 6. The van der Waals surface area contributed by atoms with Gasteiger partial charge in [0, 0.05) is 12.3 Å². The molecule has 0 bridgehead atoms. The van der Waals surface area contributed by atoms with Crippen molar-refractivity contribution >= 4 is 17.1 Å². The molecule has 0 amide bonds. The second kappa shape index (κ2) is 5.00. The summed E-state index contributed by atoms with van der Waals surface area (Å²) in [7, 11) is 0. The smallest absolute Gasteiger partial charge is 0.325 e. The Labute approximate surface area is 103 Å². The first kappa shape index (κ1) is 12.3. The molecule has 0 aromatic carbocycles. The van der Waals surface area contributed by atoms with Gasteiger partial charge in [-0.3, -0.25) is 19.6 Å². The quantitative estimate of drug-likeness (QED) is 0.324. The van der Waals surface area contributed by atoms with Crippen LogP contribution >= 0.6 is 0 Å². The van der Waals surface area contributed by atoms with Crippen molar-refractivity contribution in [2.75, 3.05) is 5.73 Å². The van der Waals surface area contributed by atoms with E-state index in [1.54, 1.807) is 0 Å². The predicted molar refractivity (Wildman–Crippen MR) is 66.6 cm³/mol. The van der Waals surface area contributed by atoms with Gasteiger partial charge in [-0.1, -0.05) is 0 Å². The van der Waals surface area contributed by atoms with E-state index < -0.39 is 5.69 Å². The SMILES string of the molecule is Nc1nc2[nH]cnc2c(=O)[nH]1.O=c1cc[nH]c(=O)[nH]1. The fraction of sp³-hybridized carbons (Fsp3) is 0. The molecule has 0 fully saturated rings. The largest absolute Gasteiger partial charge is 0.369 e. The summed E-state index contributed by atoms with van der Waals surface area (Å²) in [6.07, 6.45) is 2.69. The standard InChI is InChI=1S/C5H5N5O.C4H4N2O2/c6-5-9-3-2(4(11)10-5)7-1-8-3;7-3-1-2-5-4(8)6-3/h1H,(H4,6,7,8,9,10,11);1-2H,(H2,5,6,7,8). The maximum Gasteiger partial charge on any atom is 0.325 e. The molecular formula is C9H9N7O3. The minimum atomic E-state index is -0.475. The average molecular weight is 263 g/mol. The Bertz CT molecular complexity index is 831. The number of anilines is 1. The average Bonchev–Trinajstić information content (AvgIpc) is 2.77. The minimum absolute atomic E-state index is 0.0896. The van der Waals surface area contributed by atoms with Crippen molar-refractivity contribution in [3.8, 4) is 0 Å². The van der Waals surface area contributed by atoms with Crippen molar-refractivity contribution in [3.63, 3.8) is 0 Å². The van der Waals surface area contributed by atoms with Crippen LogP contribution in [0.3, 0.4) is 0 Å². The summed E-state index contributed by atoms with van der Waals surface area (Å²) in [5.41, 5.74) is 4.77. The van der Waals surface area contributed by atoms with Crippen LogP contribution in [0, 0.1) is 0 Å². The van der Waals surface area contributed by atoms with Crippen LogP contribution in [-0.2, 0) is 0 Å². The highest BCUT2D eigenvalue weighted by Crippen LogP contribution is 1.98. The molecule has 0 radical (unpaired) electrons. The molecule has 0 spiro atoms. The van der Waals surface area contributed by atoms with E-state index in [4.69, 9.17) is 5.73 Å². The normalized spacial score (nSPS) is 9.89. The van der Waals surface area contributed by atoms with Gasteiger partial charge >= 0.3 is 5.69 Å². The van der Waals surface area contributed by atoms with E-state index in [1.807, 2.05) is 4.98 Å². The molecule has 3 heterocycles. The second-order valence-electron chi connectivity index (χ2n) is 3.35. The van der Waals surface area contributed by atoms with E-state index in [9.17, 15) is 14.4 Å². The van der Waals surface area contributed by atoms with Crippen molar-refractivity contribution in [1.29, 1.82) is 0 Å². The molecule has 3 aromatic heterocycles. The number of nitrogens with one attached hydrogen (secondary N) is 4. The predicted octanol–water partition coefficient (Wildman–Crippen LogP) is -1.71. The lowest BCUT2D eigenvalue weighted by atomic mass is 10.5. The van der Waals surface area contributed by atoms with Crippen LogP contribution in [0.4, 0.5) is 5.95 Å². The zero-order chi connectivity index (χ0) is 13.8. The van der Waals surface area contributed by atoms with Gasteiger partial charge in [0.25, 0.3) is 11.1 Å². The van der Waals surface area contributed by atoms with Crippen LogP contribution in [0.2, 0.25) is 0 Å². The topological polar surface area (TPSA) is 166 Å². The number of rotatable bonds is 0. The number of nitrogens with two attached hydrogens (primary N) is 1.